The number of hydrogen-bond acceptors (Lipinski definition) is 4. The molecule has 1 unspecified atom stereocenters. The van der Waals surface area contributed by atoms with E-state index in [1.54, 1.807) is 6.92 Å². The van der Waals surface area contributed by atoms with Gasteiger partial charge in [-0.2, -0.15) is 13.2 Å². The molecule has 1 aromatic rings. The van der Waals surface area contributed by atoms with Crippen LogP contribution in [0.1, 0.15) is 30.5 Å². The first-order chi connectivity index (χ1) is 15.2. The number of nitrogens with one attached hydrogen (secondary N) is 2. The van der Waals surface area contributed by atoms with Crippen molar-refractivity contribution in [3.8, 4) is 0 Å². The molecule has 11 heteroatoms. The zero-order chi connectivity index (χ0) is 23.5. The Morgan fingerprint density at radius 1 is 1.25 bits per heavy atom. The number of halogens is 3. The Kier molecular flexibility index (Phi) is 7.07. The van der Waals surface area contributed by atoms with Crippen LogP contribution in [0.15, 0.2) is 35.5 Å². The van der Waals surface area contributed by atoms with Crippen molar-refractivity contribution in [3.63, 3.8) is 0 Å². The number of urea groups is 1. The quantitative estimate of drug-likeness (QED) is 0.589. The van der Waals surface area contributed by atoms with Crippen LogP contribution in [0.5, 0.6) is 0 Å². The fourth-order valence-corrected chi connectivity index (χ4v) is 3.80. The van der Waals surface area contributed by atoms with Crippen LogP contribution in [0.3, 0.4) is 0 Å². The number of alkyl halides is 3. The van der Waals surface area contributed by atoms with Crippen LogP contribution in [0, 0.1) is 0 Å². The molecule has 0 bridgehead atoms. The van der Waals surface area contributed by atoms with Gasteiger partial charge in [-0.1, -0.05) is 12.1 Å². The van der Waals surface area contributed by atoms with Crippen LogP contribution in [-0.2, 0) is 20.5 Å². The van der Waals surface area contributed by atoms with Crippen molar-refractivity contribution in [2.24, 2.45) is 0 Å². The van der Waals surface area contributed by atoms with Crippen LogP contribution in [0.4, 0.5) is 18.0 Å². The van der Waals surface area contributed by atoms with E-state index in [2.05, 4.69) is 10.6 Å². The lowest BCUT2D eigenvalue weighted by Gasteiger charge is -2.33. The number of nitrogens with zero attached hydrogens (tertiary/aromatic N) is 2. The molecular weight excluding hydrogens is 429 g/mol. The minimum absolute atomic E-state index is 0.0778. The molecule has 4 amide bonds. The second-order valence-electron chi connectivity index (χ2n) is 7.43. The predicted octanol–water partition coefficient (Wildman–Crippen LogP) is 2.04. The van der Waals surface area contributed by atoms with Crippen molar-refractivity contribution >= 4 is 17.8 Å². The fourth-order valence-electron chi connectivity index (χ4n) is 3.80. The molecular formula is C21H25F3N4O4. The number of rotatable bonds is 8. The smallest absolute Gasteiger partial charge is 0.383 e. The molecule has 2 aliphatic heterocycles. The van der Waals surface area contributed by atoms with Crippen molar-refractivity contribution < 1.29 is 32.3 Å². The van der Waals surface area contributed by atoms with Crippen LogP contribution in [0.2, 0.25) is 0 Å². The first-order valence-electron chi connectivity index (χ1n) is 10.2. The average Bonchev–Trinajstić information content (AvgIpc) is 3.07. The maximum atomic E-state index is 13.1. The number of likely N-dealkylation sites (N-methyl/N-ethyl adjacent to an activating group) is 1. The Hall–Kier alpha value is -3.08. The van der Waals surface area contributed by atoms with Gasteiger partial charge in [0.15, 0.2) is 0 Å². The minimum Gasteiger partial charge on any atom is -0.383 e. The normalized spacial score (nSPS) is 18.7. The number of methoxy groups -OCH3 is 1. The summed E-state index contributed by atoms with van der Waals surface area (Å²) in [6, 6.07) is 3.09. The number of ether oxygens (including phenoxy) is 1. The highest BCUT2D eigenvalue weighted by molar-refractivity contribution is 6.01. The van der Waals surface area contributed by atoms with Gasteiger partial charge in [-0.05, 0) is 24.6 Å². The zero-order valence-corrected chi connectivity index (χ0v) is 17.8. The van der Waals surface area contributed by atoms with Crippen molar-refractivity contribution in [2.45, 2.75) is 25.6 Å². The van der Waals surface area contributed by atoms with Gasteiger partial charge in [0, 0.05) is 33.2 Å². The highest BCUT2D eigenvalue weighted by Crippen LogP contribution is 2.37. The van der Waals surface area contributed by atoms with Gasteiger partial charge in [-0.25, -0.2) is 4.79 Å². The fraction of sp³-hybridized carbons (Fsp3) is 0.476. The molecule has 1 aromatic carbocycles. The molecule has 0 saturated heterocycles. The lowest BCUT2D eigenvalue weighted by atomic mass is 9.94. The average molecular weight is 454 g/mol. The molecule has 2 N–H and O–H groups in total. The van der Waals surface area contributed by atoms with E-state index in [1.165, 1.54) is 29.0 Å². The number of benzene rings is 1. The van der Waals surface area contributed by atoms with Gasteiger partial charge in [0.2, 0.25) is 5.91 Å². The van der Waals surface area contributed by atoms with Crippen molar-refractivity contribution in [1.29, 1.82) is 0 Å². The highest BCUT2D eigenvalue weighted by atomic mass is 19.4. The first kappa shape index (κ1) is 23.6. The van der Waals surface area contributed by atoms with Crippen molar-refractivity contribution in [1.82, 2.24) is 20.4 Å². The number of hydrogen-bond donors (Lipinski definition) is 2. The molecule has 2 aliphatic rings. The lowest BCUT2D eigenvalue weighted by Crippen LogP contribution is -2.47. The molecule has 8 nitrogen and oxygen atoms in total. The molecule has 0 saturated carbocycles. The molecule has 32 heavy (non-hydrogen) atoms. The summed E-state index contributed by atoms with van der Waals surface area (Å²) in [4.78, 5) is 40.6. The summed E-state index contributed by atoms with van der Waals surface area (Å²) in [5.41, 5.74) is 0.380. The standard InChI is InChI=1S/C21H25F3N4O4/c1-3-28-15-12-27(10-8-16(29)25-9-11-32-2)19(30)17(15)18(26-20(28)31)13-4-6-14(7-5-13)21(22,23)24/h4-7,18H,3,8-12H2,1-2H3,(H,25,29)(H,26,31). The van der Waals surface area contributed by atoms with Gasteiger partial charge in [-0.3, -0.25) is 14.5 Å². The number of carbonyl (C=O) groups is 3. The summed E-state index contributed by atoms with van der Waals surface area (Å²) in [6.07, 6.45) is -4.41. The molecule has 3 rings (SSSR count). The molecule has 0 aromatic heterocycles. The largest absolute Gasteiger partial charge is 0.416 e. The number of carbonyl (C=O) groups excluding carboxylic acids is 3. The summed E-state index contributed by atoms with van der Waals surface area (Å²) in [6.45, 7) is 3.12. The summed E-state index contributed by atoms with van der Waals surface area (Å²) < 4.78 is 43.6. The van der Waals surface area contributed by atoms with Gasteiger partial charge >= 0.3 is 12.2 Å². The molecule has 174 valence electrons. The molecule has 0 radical (unpaired) electrons. The van der Waals surface area contributed by atoms with Crippen LogP contribution in [0.25, 0.3) is 0 Å². The Bertz CT molecular complexity index is 915. The Balaban J connectivity index is 1.80. The van der Waals surface area contributed by atoms with Crippen LogP contribution >= 0.6 is 0 Å². The van der Waals surface area contributed by atoms with E-state index in [0.717, 1.165) is 12.1 Å². The zero-order valence-electron chi connectivity index (χ0n) is 17.8. The van der Waals surface area contributed by atoms with E-state index < -0.39 is 23.8 Å². The summed E-state index contributed by atoms with van der Waals surface area (Å²) in [5.74, 6) is -0.589. The molecule has 1 atom stereocenters. The highest BCUT2D eigenvalue weighted by Gasteiger charge is 2.43. The maximum absolute atomic E-state index is 13.1. The van der Waals surface area contributed by atoms with Crippen molar-refractivity contribution in [3.05, 3.63) is 46.7 Å². The van der Waals surface area contributed by atoms with Crippen LogP contribution in [-0.4, -0.2) is 67.5 Å². The molecule has 0 spiro atoms. The molecule has 0 fully saturated rings. The van der Waals surface area contributed by atoms with E-state index >= 15 is 0 Å². The third kappa shape index (κ3) is 4.87. The molecule has 0 aliphatic carbocycles. The van der Waals surface area contributed by atoms with Crippen molar-refractivity contribution in [2.75, 3.05) is 39.9 Å². The summed E-state index contributed by atoms with van der Waals surface area (Å²) in [7, 11) is 1.52. The van der Waals surface area contributed by atoms with Crippen LogP contribution < -0.4 is 10.6 Å². The Morgan fingerprint density at radius 3 is 2.53 bits per heavy atom. The summed E-state index contributed by atoms with van der Waals surface area (Å²) in [5, 5.41) is 5.40. The van der Waals surface area contributed by atoms with E-state index in [4.69, 9.17) is 4.74 Å². The van der Waals surface area contributed by atoms with Gasteiger partial charge in [0.1, 0.15) is 0 Å². The minimum atomic E-state index is -4.48. The SMILES string of the molecule is CCN1C(=O)NC(c2ccc(C(F)(F)F)cc2)C2=C1CN(CCC(=O)NCCOC)C2=O. The second-order valence-corrected chi connectivity index (χ2v) is 7.43. The topological polar surface area (TPSA) is 91.0 Å². The third-order valence-electron chi connectivity index (χ3n) is 5.42. The maximum Gasteiger partial charge on any atom is 0.416 e. The monoisotopic (exact) mass is 454 g/mol. The molecule has 2 heterocycles. The second kappa shape index (κ2) is 9.60. The predicted molar refractivity (Wildman–Crippen MR) is 108 cm³/mol. The van der Waals surface area contributed by atoms with Gasteiger partial charge < -0.3 is 20.3 Å². The summed E-state index contributed by atoms with van der Waals surface area (Å²) >= 11 is 0. The van der Waals surface area contributed by atoms with E-state index in [-0.39, 0.29) is 31.3 Å². The third-order valence-corrected chi connectivity index (χ3v) is 5.42. The Labute approximate surface area is 183 Å². The first-order valence-corrected chi connectivity index (χ1v) is 10.2. The van der Waals surface area contributed by atoms with E-state index in [9.17, 15) is 27.6 Å². The van der Waals surface area contributed by atoms with Gasteiger partial charge in [0.25, 0.3) is 5.91 Å². The van der Waals surface area contributed by atoms with E-state index in [0.29, 0.717) is 36.5 Å². The van der Waals surface area contributed by atoms with Gasteiger partial charge in [0.05, 0.1) is 36.0 Å². The lowest BCUT2D eigenvalue weighted by molar-refractivity contribution is -0.137. The van der Waals surface area contributed by atoms with E-state index in [1.807, 2.05) is 0 Å². The Morgan fingerprint density at radius 2 is 1.94 bits per heavy atom. The number of amides is 4. The van der Waals surface area contributed by atoms with Gasteiger partial charge in [-0.15, -0.1) is 0 Å².